The SMILES string of the molecule is Cc1ccc(OCc2nc(CC(=O)NC3CCN(C(C)C)C3)cs2)cc1. The van der Waals surface area contributed by atoms with Crippen molar-refractivity contribution in [2.24, 2.45) is 0 Å². The average molecular weight is 374 g/mol. The molecular formula is C20H27N3O2S. The molecule has 26 heavy (non-hydrogen) atoms. The van der Waals surface area contributed by atoms with Crippen molar-refractivity contribution in [2.75, 3.05) is 13.1 Å². The summed E-state index contributed by atoms with van der Waals surface area (Å²) in [5.74, 6) is 0.887. The molecule has 1 atom stereocenters. The Morgan fingerprint density at radius 2 is 2.15 bits per heavy atom. The Kier molecular flexibility index (Phi) is 6.27. The van der Waals surface area contributed by atoms with Gasteiger partial charge in [-0.05, 0) is 39.3 Å². The van der Waals surface area contributed by atoms with E-state index in [9.17, 15) is 4.79 Å². The molecule has 2 aromatic rings. The molecule has 140 valence electrons. The van der Waals surface area contributed by atoms with E-state index in [1.54, 1.807) is 0 Å². The first-order valence-corrected chi connectivity index (χ1v) is 10.0. The van der Waals surface area contributed by atoms with Crippen molar-refractivity contribution >= 4 is 17.2 Å². The monoisotopic (exact) mass is 373 g/mol. The number of hydrogen-bond acceptors (Lipinski definition) is 5. The predicted molar refractivity (Wildman–Crippen MR) is 105 cm³/mol. The number of aryl methyl sites for hydroxylation is 1. The van der Waals surface area contributed by atoms with Gasteiger partial charge in [-0.1, -0.05) is 17.7 Å². The average Bonchev–Trinajstić information content (AvgIpc) is 3.24. The molecule has 1 aromatic carbocycles. The highest BCUT2D eigenvalue weighted by Gasteiger charge is 2.25. The lowest BCUT2D eigenvalue weighted by molar-refractivity contribution is -0.121. The van der Waals surface area contributed by atoms with Gasteiger partial charge in [-0.3, -0.25) is 9.69 Å². The van der Waals surface area contributed by atoms with Gasteiger partial charge in [-0.25, -0.2) is 4.98 Å². The second-order valence-corrected chi connectivity index (χ2v) is 8.10. The lowest BCUT2D eigenvalue weighted by Gasteiger charge is -2.20. The zero-order chi connectivity index (χ0) is 18.5. The lowest BCUT2D eigenvalue weighted by atomic mass is 10.2. The van der Waals surface area contributed by atoms with Gasteiger partial charge < -0.3 is 10.1 Å². The van der Waals surface area contributed by atoms with E-state index in [0.717, 1.165) is 36.0 Å². The molecule has 5 nitrogen and oxygen atoms in total. The van der Waals surface area contributed by atoms with Crippen LogP contribution < -0.4 is 10.1 Å². The molecule has 0 saturated carbocycles. The molecule has 1 aliphatic heterocycles. The predicted octanol–water partition coefficient (Wildman–Crippen LogP) is 3.17. The van der Waals surface area contributed by atoms with E-state index in [0.29, 0.717) is 19.1 Å². The van der Waals surface area contributed by atoms with Crippen molar-refractivity contribution in [1.82, 2.24) is 15.2 Å². The number of aromatic nitrogens is 1. The minimum Gasteiger partial charge on any atom is -0.486 e. The molecule has 0 spiro atoms. The van der Waals surface area contributed by atoms with Crippen LogP contribution in [-0.4, -0.2) is 41.0 Å². The Labute approximate surface area is 159 Å². The second-order valence-electron chi connectivity index (χ2n) is 7.15. The van der Waals surface area contributed by atoms with Gasteiger partial charge in [0.1, 0.15) is 17.4 Å². The third kappa shape index (κ3) is 5.29. The van der Waals surface area contributed by atoms with Crippen molar-refractivity contribution < 1.29 is 9.53 Å². The van der Waals surface area contributed by atoms with Gasteiger partial charge in [0.05, 0.1) is 12.1 Å². The van der Waals surface area contributed by atoms with Gasteiger partial charge in [0.2, 0.25) is 5.91 Å². The Bertz CT molecular complexity index is 727. The van der Waals surface area contributed by atoms with Crippen LogP contribution in [0, 0.1) is 6.92 Å². The van der Waals surface area contributed by atoms with Gasteiger partial charge in [0.15, 0.2) is 0 Å². The number of likely N-dealkylation sites (tertiary alicyclic amines) is 1. The number of amides is 1. The molecule has 1 amide bonds. The number of nitrogens with one attached hydrogen (secondary N) is 1. The molecule has 1 aromatic heterocycles. The maximum Gasteiger partial charge on any atom is 0.226 e. The van der Waals surface area contributed by atoms with Crippen LogP contribution in [0.3, 0.4) is 0 Å². The second kappa shape index (κ2) is 8.64. The number of carbonyl (C=O) groups excluding carboxylic acids is 1. The summed E-state index contributed by atoms with van der Waals surface area (Å²) in [5.41, 5.74) is 2.02. The lowest BCUT2D eigenvalue weighted by Crippen LogP contribution is -2.39. The summed E-state index contributed by atoms with van der Waals surface area (Å²) in [5, 5.41) is 5.97. The van der Waals surface area contributed by atoms with Crippen molar-refractivity contribution in [1.29, 1.82) is 0 Å². The van der Waals surface area contributed by atoms with Crippen LogP contribution >= 0.6 is 11.3 Å². The van der Waals surface area contributed by atoms with Crippen molar-refractivity contribution in [3.63, 3.8) is 0 Å². The van der Waals surface area contributed by atoms with Crippen LogP contribution in [0.1, 0.15) is 36.5 Å². The van der Waals surface area contributed by atoms with Gasteiger partial charge in [-0.2, -0.15) is 0 Å². The van der Waals surface area contributed by atoms with Crippen LogP contribution in [-0.2, 0) is 17.8 Å². The quantitative estimate of drug-likeness (QED) is 0.810. The molecule has 2 heterocycles. The zero-order valence-corrected chi connectivity index (χ0v) is 16.5. The number of nitrogens with zero attached hydrogens (tertiary/aromatic N) is 2. The Balaban J connectivity index is 1.44. The number of carbonyl (C=O) groups is 1. The molecule has 0 bridgehead atoms. The summed E-state index contributed by atoms with van der Waals surface area (Å²) in [7, 11) is 0. The van der Waals surface area contributed by atoms with Gasteiger partial charge in [0, 0.05) is 30.6 Å². The largest absolute Gasteiger partial charge is 0.486 e. The fraction of sp³-hybridized carbons (Fsp3) is 0.500. The molecule has 1 fully saturated rings. The van der Waals surface area contributed by atoms with Gasteiger partial charge >= 0.3 is 0 Å². The fourth-order valence-electron chi connectivity index (χ4n) is 3.09. The molecule has 0 radical (unpaired) electrons. The number of benzene rings is 1. The van der Waals surface area contributed by atoms with Gasteiger partial charge in [0.25, 0.3) is 0 Å². The molecule has 3 rings (SSSR count). The van der Waals surface area contributed by atoms with E-state index in [-0.39, 0.29) is 11.9 Å². The molecule has 0 aliphatic carbocycles. The van der Waals surface area contributed by atoms with Crippen molar-refractivity contribution in [2.45, 2.75) is 52.3 Å². The van der Waals surface area contributed by atoms with E-state index in [1.807, 2.05) is 36.6 Å². The summed E-state index contributed by atoms with van der Waals surface area (Å²) in [4.78, 5) is 19.2. The van der Waals surface area contributed by atoms with Crippen molar-refractivity contribution in [3.05, 3.63) is 45.9 Å². The van der Waals surface area contributed by atoms with E-state index in [4.69, 9.17) is 4.74 Å². The number of ether oxygens (including phenoxy) is 1. The minimum atomic E-state index is 0.0527. The number of hydrogen-bond donors (Lipinski definition) is 1. The van der Waals surface area contributed by atoms with E-state index in [1.165, 1.54) is 16.9 Å². The molecule has 1 unspecified atom stereocenters. The normalized spacial score (nSPS) is 17.6. The van der Waals surface area contributed by atoms with Crippen LogP contribution in [0.2, 0.25) is 0 Å². The first kappa shape index (κ1) is 18.9. The first-order chi connectivity index (χ1) is 12.5. The maximum atomic E-state index is 12.3. The molecule has 6 heteroatoms. The standard InChI is InChI=1S/C20H27N3O2S/c1-14(2)23-9-8-16(11-23)21-19(24)10-17-13-26-20(22-17)12-25-18-6-4-15(3)5-7-18/h4-7,13-14,16H,8-12H2,1-3H3,(H,21,24). The Hall–Kier alpha value is -1.92. The smallest absolute Gasteiger partial charge is 0.226 e. The summed E-state index contributed by atoms with van der Waals surface area (Å²) in [6.45, 7) is 8.87. The van der Waals surface area contributed by atoms with E-state index < -0.39 is 0 Å². The Morgan fingerprint density at radius 1 is 1.38 bits per heavy atom. The zero-order valence-electron chi connectivity index (χ0n) is 15.7. The number of thiazole rings is 1. The minimum absolute atomic E-state index is 0.0527. The molecule has 1 N–H and O–H groups in total. The highest BCUT2D eigenvalue weighted by Crippen LogP contribution is 2.17. The molecule has 1 aliphatic rings. The van der Waals surface area contributed by atoms with Gasteiger partial charge in [-0.15, -0.1) is 11.3 Å². The topological polar surface area (TPSA) is 54.5 Å². The molecular weight excluding hydrogens is 346 g/mol. The highest BCUT2D eigenvalue weighted by molar-refractivity contribution is 7.09. The van der Waals surface area contributed by atoms with E-state index in [2.05, 4.69) is 29.0 Å². The summed E-state index contributed by atoms with van der Waals surface area (Å²) < 4.78 is 5.75. The van der Waals surface area contributed by atoms with Crippen LogP contribution in [0.4, 0.5) is 0 Å². The first-order valence-electron chi connectivity index (χ1n) is 9.16. The van der Waals surface area contributed by atoms with Crippen molar-refractivity contribution in [3.8, 4) is 5.75 Å². The fourth-order valence-corrected chi connectivity index (χ4v) is 3.80. The summed E-state index contributed by atoms with van der Waals surface area (Å²) in [6.07, 6.45) is 1.36. The van der Waals surface area contributed by atoms with Crippen LogP contribution in [0.5, 0.6) is 5.75 Å². The number of rotatable bonds is 7. The van der Waals surface area contributed by atoms with E-state index >= 15 is 0 Å². The van der Waals surface area contributed by atoms with Crippen LogP contribution in [0.15, 0.2) is 29.6 Å². The summed E-state index contributed by atoms with van der Waals surface area (Å²) in [6, 6.07) is 8.75. The maximum absolute atomic E-state index is 12.3. The van der Waals surface area contributed by atoms with Crippen LogP contribution in [0.25, 0.3) is 0 Å². The Morgan fingerprint density at radius 3 is 2.85 bits per heavy atom. The third-order valence-electron chi connectivity index (χ3n) is 4.64. The summed E-state index contributed by atoms with van der Waals surface area (Å²) >= 11 is 1.54. The third-order valence-corrected chi connectivity index (χ3v) is 5.51. The molecule has 1 saturated heterocycles. The highest BCUT2D eigenvalue weighted by atomic mass is 32.1.